The van der Waals surface area contributed by atoms with Gasteiger partial charge in [0.05, 0.1) is 19.1 Å². The molecule has 152 valence electrons. The summed E-state index contributed by atoms with van der Waals surface area (Å²) in [6.07, 6.45) is 1.12. The molecule has 1 fully saturated rings. The monoisotopic (exact) mass is 399 g/mol. The Balaban J connectivity index is 2.03. The van der Waals surface area contributed by atoms with Gasteiger partial charge in [0, 0.05) is 37.2 Å². The normalized spacial score (nSPS) is 18.6. The van der Waals surface area contributed by atoms with Gasteiger partial charge < -0.3 is 20.5 Å². The van der Waals surface area contributed by atoms with Crippen LogP contribution in [0.15, 0.2) is 23.1 Å². The van der Waals surface area contributed by atoms with Crippen LogP contribution in [0.1, 0.15) is 26.7 Å². The third-order valence-electron chi connectivity index (χ3n) is 5.00. The predicted octanol–water partition coefficient (Wildman–Crippen LogP) is 0.956. The van der Waals surface area contributed by atoms with Crippen molar-refractivity contribution in [3.05, 3.63) is 18.2 Å². The number of ether oxygens (including phenoxy) is 2. The zero-order valence-corrected chi connectivity index (χ0v) is 17.1. The molecule has 0 spiro atoms. The zero-order valence-electron chi connectivity index (χ0n) is 16.3. The Hall–Kier alpha value is -1.84. The molecule has 1 aliphatic heterocycles. The van der Waals surface area contributed by atoms with E-state index in [9.17, 15) is 13.2 Å². The van der Waals surface area contributed by atoms with Gasteiger partial charge in [-0.15, -0.1) is 0 Å². The lowest BCUT2D eigenvalue weighted by Crippen LogP contribution is -2.49. The average Bonchev–Trinajstić information content (AvgIpc) is 2.66. The maximum atomic E-state index is 12.9. The third kappa shape index (κ3) is 4.91. The lowest BCUT2D eigenvalue weighted by Gasteiger charge is -2.32. The fourth-order valence-corrected chi connectivity index (χ4v) is 4.42. The van der Waals surface area contributed by atoms with Crippen molar-refractivity contribution in [1.29, 1.82) is 0 Å². The summed E-state index contributed by atoms with van der Waals surface area (Å²) in [5, 5.41) is 2.97. The number of nitrogens with zero attached hydrogens (tertiary/aromatic N) is 1. The molecular formula is C18H29N3O5S. The quantitative estimate of drug-likeness (QED) is 0.706. The van der Waals surface area contributed by atoms with Gasteiger partial charge in [-0.3, -0.25) is 4.79 Å². The summed E-state index contributed by atoms with van der Waals surface area (Å²) in [6, 6.07) is 4.28. The highest BCUT2D eigenvalue weighted by Gasteiger charge is 2.31. The summed E-state index contributed by atoms with van der Waals surface area (Å²) in [6.45, 7) is 4.27. The first-order valence-corrected chi connectivity index (χ1v) is 10.4. The molecule has 0 saturated carbocycles. The summed E-state index contributed by atoms with van der Waals surface area (Å²) in [5.41, 5.74) is 5.76. The molecule has 2 rings (SSSR count). The van der Waals surface area contributed by atoms with Crippen LogP contribution in [0.3, 0.4) is 0 Å². The van der Waals surface area contributed by atoms with Gasteiger partial charge in [-0.1, -0.05) is 6.92 Å². The second-order valence-electron chi connectivity index (χ2n) is 6.85. The first-order valence-electron chi connectivity index (χ1n) is 8.98. The number of piperidine rings is 1. The first-order chi connectivity index (χ1) is 12.7. The SMILES string of the molecule is COc1ccc(S(=O)(=O)N2CCC(NC(=O)C(C)C(C)N)CC2)cc1OC. The number of amides is 1. The minimum atomic E-state index is -3.64. The van der Waals surface area contributed by atoms with Gasteiger partial charge in [0.25, 0.3) is 0 Å². The molecule has 0 aliphatic carbocycles. The number of rotatable bonds is 7. The van der Waals surface area contributed by atoms with Crippen LogP contribution >= 0.6 is 0 Å². The number of sulfonamides is 1. The van der Waals surface area contributed by atoms with Crippen LogP contribution in [0.2, 0.25) is 0 Å². The molecular weight excluding hydrogens is 370 g/mol. The van der Waals surface area contributed by atoms with E-state index in [-0.39, 0.29) is 28.8 Å². The Morgan fingerprint density at radius 2 is 1.78 bits per heavy atom. The minimum absolute atomic E-state index is 0.0458. The molecule has 1 saturated heterocycles. The van der Waals surface area contributed by atoms with Crippen molar-refractivity contribution in [3.8, 4) is 11.5 Å². The van der Waals surface area contributed by atoms with E-state index in [2.05, 4.69) is 5.32 Å². The molecule has 2 atom stereocenters. The molecule has 1 aliphatic rings. The van der Waals surface area contributed by atoms with E-state index in [1.165, 1.54) is 30.7 Å². The Kier molecular flexibility index (Phi) is 7.07. The third-order valence-corrected chi connectivity index (χ3v) is 6.89. The molecule has 1 heterocycles. The number of hydrogen-bond acceptors (Lipinski definition) is 6. The Morgan fingerprint density at radius 1 is 1.19 bits per heavy atom. The molecule has 3 N–H and O–H groups in total. The standard InChI is InChI=1S/C18H29N3O5S/c1-12(13(2)19)18(22)20-14-7-9-21(10-8-14)27(23,24)15-5-6-16(25-3)17(11-15)26-4/h5-6,11-14H,7-10,19H2,1-4H3,(H,20,22). The molecule has 1 amide bonds. The number of benzene rings is 1. The molecule has 1 aromatic carbocycles. The van der Waals surface area contributed by atoms with Crippen molar-refractivity contribution < 1.29 is 22.7 Å². The second-order valence-corrected chi connectivity index (χ2v) is 8.79. The van der Waals surface area contributed by atoms with Crippen molar-refractivity contribution in [2.75, 3.05) is 27.3 Å². The minimum Gasteiger partial charge on any atom is -0.493 e. The predicted molar refractivity (Wildman–Crippen MR) is 102 cm³/mol. The number of carbonyl (C=O) groups is 1. The number of nitrogens with one attached hydrogen (secondary N) is 1. The number of nitrogens with two attached hydrogens (primary N) is 1. The van der Waals surface area contributed by atoms with E-state index >= 15 is 0 Å². The van der Waals surface area contributed by atoms with Crippen molar-refractivity contribution in [2.45, 2.75) is 43.7 Å². The van der Waals surface area contributed by atoms with E-state index < -0.39 is 10.0 Å². The van der Waals surface area contributed by atoms with Gasteiger partial charge >= 0.3 is 0 Å². The summed E-state index contributed by atoms with van der Waals surface area (Å²) in [4.78, 5) is 12.3. The number of carbonyl (C=O) groups excluding carboxylic acids is 1. The highest BCUT2D eigenvalue weighted by Crippen LogP contribution is 2.31. The molecule has 0 radical (unpaired) electrons. The summed E-state index contributed by atoms with van der Waals surface area (Å²) < 4.78 is 37.6. The van der Waals surface area contributed by atoms with E-state index in [4.69, 9.17) is 15.2 Å². The Labute approximate surface area is 161 Å². The average molecular weight is 400 g/mol. The van der Waals surface area contributed by atoms with Gasteiger partial charge in [0.2, 0.25) is 15.9 Å². The maximum absolute atomic E-state index is 12.9. The van der Waals surface area contributed by atoms with Crippen molar-refractivity contribution in [1.82, 2.24) is 9.62 Å². The molecule has 1 aromatic rings. The summed E-state index contributed by atoms with van der Waals surface area (Å²) in [7, 11) is -0.675. The Bertz CT molecular complexity index is 758. The van der Waals surface area contributed by atoms with Crippen molar-refractivity contribution in [3.63, 3.8) is 0 Å². The van der Waals surface area contributed by atoms with Gasteiger partial charge in [-0.2, -0.15) is 4.31 Å². The fourth-order valence-electron chi connectivity index (χ4n) is 2.94. The van der Waals surface area contributed by atoms with Crippen molar-refractivity contribution in [2.24, 2.45) is 11.7 Å². The van der Waals surface area contributed by atoms with Gasteiger partial charge in [-0.05, 0) is 31.9 Å². The first kappa shape index (κ1) is 21.5. The fraction of sp³-hybridized carbons (Fsp3) is 0.611. The number of hydrogen-bond donors (Lipinski definition) is 2. The Morgan fingerprint density at radius 3 is 2.30 bits per heavy atom. The van der Waals surface area contributed by atoms with E-state index in [1.807, 2.05) is 0 Å². The molecule has 8 nitrogen and oxygen atoms in total. The lowest BCUT2D eigenvalue weighted by atomic mass is 10.0. The highest BCUT2D eigenvalue weighted by atomic mass is 32.2. The van der Waals surface area contributed by atoms with Crippen LogP contribution in [-0.2, 0) is 14.8 Å². The second kappa shape index (κ2) is 8.90. The molecule has 0 aromatic heterocycles. The van der Waals surface area contributed by atoms with Gasteiger partial charge in [0.15, 0.2) is 11.5 Å². The van der Waals surface area contributed by atoms with E-state index in [1.54, 1.807) is 19.9 Å². The summed E-state index contributed by atoms with van der Waals surface area (Å²) >= 11 is 0. The van der Waals surface area contributed by atoms with Crippen LogP contribution in [0.25, 0.3) is 0 Å². The van der Waals surface area contributed by atoms with Crippen LogP contribution in [0, 0.1) is 5.92 Å². The number of methoxy groups -OCH3 is 2. The topological polar surface area (TPSA) is 111 Å². The molecule has 27 heavy (non-hydrogen) atoms. The molecule has 0 bridgehead atoms. The maximum Gasteiger partial charge on any atom is 0.243 e. The van der Waals surface area contributed by atoms with Crippen molar-refractivity contribution >= 4 is 15.9 Å². The van der Waals surface area contributed by atoms with E-state index in [0.717, 1.165) is 0 Å². The van der Waals surface area contributed by atoms with Crippen LogP contribution in [0.4, 0.5) is 0 Å². The highest BCUT2D eigenvalue weighted by molar-refractivity contribution is 7.89. The molecule has 2 unspecified atom stereocenters. The smallest absolute Gasteiger partial charge is 0.243 e. The van der Waals surface area contributed by atoms with Crippen LogP contribution in [-0.4, -0.2) is 58.0 Å². The van der Waals surface area contributed by atoms with Gasteiger partial charge in [-0.25, -0.2) is 8.42 Å². The van der Waals surface area contributed by atoms with E-state index in [0.29, 0.717) is 37.4 Å². The van der Waals surface area contributed by atoms with Crippen LogP contribution < -0.4 is 20.5 Å². The summed E-state index contributed by atoms with van der Waals surface area (Å²) in [5.74, 6) is 0.469. The molecule has 9 heteroatoms. The largest absolute Gasteiger partial charge is 0.493 e. The van der Waals surface area contributed by atoms with Gasteiger partial charge in [0.1, 0.15) is 0 Å². The lowest BCUT2D eigenvalue weighted by molar-refractivity contribution is -0.125. The van der Waals surface area contributed by atoms with Crippen LogP contribution in [0.5, 0.6) is 11.5 Å². The zero-order chi connectivity index (χ0) is 20.2.